The molecule has 1 amide bonds. The van der Waals surface area contributed by atoms with Gasteiger partial charge in [-0.3, -0.25) is 4.79 Å². The molecule has 1 aromatic carbocycles. The lowest BCUT2D eigenvalue weighted by molar-refractivity contribution is -0.121. The number of hydrogen-bond acceptors (Lipinski definition) is 3. The first-order valence-corrected chi connectivity index (χ1v) is 6.32. The Balaban J connectivity index is 2.63. The SMILES string of the molecule is CC(C)OCC(=O)Nc1ccccc1SC(F)F. The zero-order valence-corrected chi connectivity index (χ0v) is 11.0. The fourth-order valence-electron chi connectivity index (χ4n) is 1.20. The van der Waals surface area contributed by atoms with Gasteiger partial charge < -0.3 is 10.1 Å². The minimum atomic E-state index is -2.52. The van der Waals surface area contributed by atoms with Crippen molar-refractivity contribution < 1.29 is 18.3 Å². The van der Waals surface area contributed by atoms with Gasteiger partial charge in [-0.05, 0) is 26.0 Å². The summed E-state index contributed by atoms with van der Waals surface area (Å²) in [6.45, 7) is 3.53. The number of para-hydroxylation sites is 1. The molecular formula is C12H15F2NO2S. The van der Waals surface area contributed by atoms with Gasteiger partial charge in [-0.1, -0.05) is 23.9 Å². The van der Waals surface area contributed by atoms with Crippen LogP contribution in [-0.4, -0.2) is 24.4 Å². The predicted molar refractivity (Wildman–Crippen MR) is 68.0 cm³/mol. The van der Waals surface area contributed by atoms with E-state index < -0.39 is 5.76 Å². The summed E-state index contributed by atoms with van der Waals surface area (Å²) in [5, 5.41) is 2.55. The third kappa shape index (κ3) is 5.46. The molecule has 18 heavy (non-hydrogen) atoms. The van der Waals surface area contributed by atoms with Crippen LogP contribution in [0.2, 0.25) is 0 Å². The molecule has 0 spiro atoms. The van der Waals surface area contributed by atoms with Crippen LogP contribution < -0.4 is 5.32 Å². The maximum absolute atomic E-state index is 12.3. The van der Waals surface area contributed by atoms with Crippen molar-refractivity contribution in [3.05, 3.63) is 24.3 Å². The molecule has 0 saturated carbocycles. The highest BCUT2D eigenvalue weighted by Crippen LogP contribution is 2.31. The van der Waals surface area contributed by atoms with Gasteiger partial charge in [0.05, 0.1) is 11.8 Å². The summed E-state index contributed by atoms with van der Waals surface area (Å²) in [4.78, 5) is 11.9. The first-order chi connectivity index (χ1) is 8.49. The molecule has 0 radical (unpaired) electrons. The van der Waals surface area contributed by atoms with Crippen molar-refractivity contribution in [3.8, 4) is 0 Å². The highest BCUT2D eigenvalue weighted by Gasteiger charge is 2.11. The van der Waals surface area contributed by atoms with E-state index in [1.165, 1.54) is 6.07 Å². The number of thioether (sulfide) groups is 1. The third-order valence-electron chi connectivity index (χ3n) is 1.92. The Morgan fingerprint density at radius 2 is 2.06 bits per heavy atom. The van der Waals surface area contributed by atoms with Crippen LogP contribution in [-0.2, 0) is 9.53 Å². The van der Waals surface area contributed by atoms with Crippen LogP contribution in [0.5, 0.6) is 0 Å². The number of carbonyl (C=O) groups excluding carboxylic acids is 1. The maximum Gasteiger partial charge on any atom is 0.288 e. The number of alkyl halides is 2. The Kier molecular flexibility index (Phi) is 6.07. The minimum Gasteiger partial charge on any atom is -0.369 e. The highest BCUT2D eigenvalue weighted by molar-refractivity contribution is 7.99. The standard InChI is InChI=1S/C12H15F2NO2S/c1-8(2)17-7-11(16)15-9-5-3-4-6-10(9)18-12(13)14/h3-6,8,12H,7H2,1-2H3,(H,15,16). The van der Waals surface area contributed by atoms with Crippen molar-refractivity contribution >= 4 is 23.4 Å². The van der Waals surface area contributed by atoms with E-state index in [2.05, 4.69) is 5.32 Å². The highest BCUT2D eigenvalue weighted by atomic mass is 32.2. The quantitative estimate of drug-likeness (QED) is 0.809. The largest absolute Gasteiger partial charge is 0.369 e. The van der Waals surface area contributed by atoms with E-state index in [1.54, 1.807) is 18.2 Å². The summed E-state index contributed by atoms with van der Waals surface area (Å²) in [5.41, 5.74) is 0.375. The van der Waals surface area contributed by atoms with E-state index >= 15 is 0 Å². The minimum absolute atomic E-state index is 0.0542. The average molecular weight is 275 g/mol. The molecule has 0 unspecified atom stereocenters. The molecule has 0 aromatic heterocycles. The molecule has 0 heterocycles. The zero-order valence-electron chi connectivity index (χ0n) is 10.2. The zero-order chi connectivity index (χ0) is 13.5. The van der Waals surface area contributed by atoms with Crippen LogP contribution in [0.15, 0.2) is 29.2 Å². The maximum atomic E-state index is 12.3. The Bertz CT molecular complexity index is 399. The van der Waals surface area contributed by atoms with Crippen molar-refractivity contribution in [2.24, 2.45) is 0 Å². The summed E-state index contributed by atoms with van der Waals surface area (Å²) in [5.74, 6) is -2.87. The molecule has 0 aliphatic carbocycles. The van der Waals surface area contributed by atoms with Gasteiger partial charge in [-0.2, -0.15) is 8.78 Å². The second-order valence-corrected chi connectivity index (χ2v) is 4.81. The lowest BCUT2D eigenvalue weighted by Gasteiger charge is -2.11. The number of carbonyl (C=O) groups is 1. The van der Waals surface area contributed by atoms with Crippen molar-refractivity contribution in [2.45, 2.75) is 30.6 Å². The van der Waals surface area contributed by atoms with Crippen LogP contribution in [0.4, 0.5) is 14.5 Å². The Labute approximate surface area is 109 Å². The van der Waals surface area contributed by atoms with Gasteiger partial charge in [0, 0.05) is 4.90 Å². The number of halogens is 2. The van der Waals surface area contributed by atoms with E-state index in [9.17, 15) is 13.6 Å². The Morgan fingerprint density at radius 1 is 1.39 bits per heavy atom. The molecule has 100 valence electrons. The lowest BCUT2D eigenvalue weighted by atomic mass is 10.3. The molecule has 0 saturated heterocycles. The fraction of sp³-hybridized carbons (Fsp3) is 0.417. The molecule has 0 fully saturated rings. The van der Waals surface area contributed by atoms with E-state index in [4.69, 9.17) is 4.74 Å². The van der Waals surface area contributed by atoms with Crippen molar-refractivity contribution in [1.29, 1.82) is 0 Å². The number of ether oxygens (including phenoxy) is 1. The second-order valence-electron chi connectivity index (χ2n) is 3.78. The summed E-state index contributed by atoms with van der Waals surface area (Å²) in [6.07, 6.45) is -0.0542. The number of hydrogen-bond donors (Lipinski definition) is 1. The molecular weight excluding hydrogens is 260 g/mol. The molecule has 1 N–H and O–H groups in total. The van der Waals surface area contributed by atoms with E-state index in [0.717, 1.165) is 0 Å². The van der Waals surface area contributed by atoms with Crippen LogP contribution in [0, 0.1) is 0 Å². The van der Waals surface area contributed by atoms with Gasteiger partial charge in [-0.15, -0.1) is 0 Å². The normalized spacial score (nSPS) is 11.0. The van der Waals surface area contributed by atoms with Gasteiger partial charge in [0.2, 0.25) is 5.91 Å². The fourth-order valence-corrected chi connectivity index (χ4v) is 1.79. The molecule has 1 aromatic rings. The van der Waals surface area contributed by atoms with Crippen LogP contribution >= 0.6 is 11.8 Å². The predicted octanol–water partition coefficient (Wildman–Crippen LogP) is 3.36. The average Bonchev–Trinajstić information content (AvgIpc) is 2.28. The molecule has 3 nitrogen and oxygen atoms in total. The summed E-state index contributed by atoms with van der Waals surface area (Å²) < 4.78 is 29.8. The first kappa shape index (κ1) is 14.9. The first-order valence-electron chi connectivity index (χ1n) is 5.44. The number of benzene rings is 1. The van der Waals surface area contributed by atoms with Crippen molar-refractivity contribution in [3.63, 3.8) is 0 Å². The number of amides is 1. The number of anilines is 1. The van der Waals surface area contributed by atoms with Crippen LogP contribution in [0.3, 0.4) is 0 Å². The van der Waals surface area contributed by atoms with Gasteiger partial charge in [-0.25, -0.2) is 0 Å². The Hall–Kier alpha value is -1.14. The van der Waals surface area contributed by atoms with Crippen molar-refractivity contribution in [1.82, 2.24) is 0 Å². The summed E-state index contributed by atoms with van der Waals surface area (Å²) in [6, 6.07) is 6.44. The summed E-state index contributed by atoms with van der Waals surface area (Å²) in [7, 11) is 0. The smallest absolute Gasteiger partial charge is 0.288 e. The lowest BCUT2D eigenvalue weighted by Crippen LogP contribution is -2.21. The van der Waals surface area contributed by atoms with Gasteiger partial charge >= 0.3 is 0 Å². The van der Waals surface area contributed by atoms with Gasteiger partial charge in [0.25, 0.3) is 5.76 Å². The molecule has 0 atom stereocenters. The van der Waals surface area contributed by atoms with E-state index in [1.807, 2.05) is 13.8 Å². The van der Waals surface area contributed by atoms with Gasteiger partial charge in [0.1, 0.15) is 6.61 Å². The molecule has 0 bridgehead atoms. The van der Waals surface area contributed by atoms with Crippen LogP contribution in [0.1, 0.15) is 13.8 Å². The molecule has 0 aliphatic rings. The van der Waals surface area contributed by atoms with E-state index in [-0.39, 0.29) is 18.6 Å². The number of rotatable bonds is 6. The molecule has 1 rings (SSSR count). The Morgan fingerprint density at radius 3 is 2.67 bits per heavy atom. The number of nitrogens with one attached hydrogen (secondary N) is 1. The third-order valence-corrected chi connectivity index (χ3v) is 2.71. The molecule has 0 aliphatic heterocycles. The van der Waals surface area contributed by atoms with E-state index in [0.29, 0.717) is 22.3 Å². The van der Waals surface area contributed by atoms with Gasteiger partial charge in [0.15, 0.2) is 0 Å². The monoisotopic (exact) mass is 275 g/mol. The van der Waals surface area contributed by atoms with Crippen molar-refractivity contribution in [2.75, 3.05) is 11.9 Å². The summed E-state index contributed by atoms with van der Waals surface area (Å²) >= 11 is 0.403. The van der Waals surface area contributed by atoms with Crippen LogP contribution in [0.25, 0.3) is 0 Å². The molecule has 6 heteroatoms. The topological polar surface area (TPSA) is 38.3 Å². The second kappa shape index (κ2) is 7.33.